The average molecular weight is 526 g/mol. The second kappa shape index (κ2) is 15.9. The van der Waals surface area contributed by atoms with Gasteiger partial charge in [-0.15, -0.1) is 24.0 Å². The maximum Gasteiger partial charge on any atom is 0.191 e. The lowest BCUT2D eigenvalue weighted by Gasteiger charge is -2.18. The van der Waals surface area contributed by atoms with Gasteiger partial charge in [-0.05, 0) is 38.9 Å². The molecule has 0 bridgehead atoms. The van der Waals surface area contributed by atoms with Crippen LogP contribution in [-0.4, -0.2) is 78.5 Å². The van der Waals surface area contributed by atoms with Gasteiger partial charge in [-0.25, -0.2) is 8.42 Å². The molecule has 7 nitrogen and oxygen atoms in total. The molecular weight excluding hydrogens is 491 g/mol. The lowest BCUT2D eigenvalue weighted by molar-refractivity contribution is 0.180. The minimum Gasteiger partial charge on any atom is -0.385 e. The monoisotopic (exact) mass is 526 g/mol. The van der Waals surface area contributed by atoms with Crippen molar-refractivity contribution in [2.45, 2.75) is 24.7 Å². The molecule has 0 heterocycles. The quantitative estimate of drug-likeness (QED) is 0.177. The van der Waals surface area contributed by atoms with Crippen LogP contribution in [0.5, 0.6) is 0 Å². The number of nitrogens with zero attached hydrogens (tertiary/aromatic N) is 2. The number of likely N-dealkylation sites (N-methyl/N-ethyl adjacent to an activating group) is 1. The largest absolute Gasteiger partial charge is 0.385 e. The number of methoxy groups -OCH3 is 1. The van der Waals surface area contributed by atoms with Gasteiger partial charge in [-0.3, -0.25) is 4.99 Å². The van der Waals surface area contributed by atoms with Crippen LogP contribution in [0.1, 0.15) is 19.8 Å². The van der Waals surface area contributed by atoms with E-state index in [0.717, 1.165) is 45.2 Å². The molecule has 2 N–H and O–H groups in total. The van der Waals surface area contributed by atoms with E-state index < -0.39 is 9.84 Å². The summed E-state index contributed by atoms with van der Waals surface area (Å²) in [7, 11) is 0.557. The lowest BCUT2D eigenvalue weighted by Crippen LogP contribution is -2.41. The van der Waals surface area contributed by atoms with Crippen molar-refractivity contribution in [3.8, 4) is 0 Å². The van der Waals surface area contributed by atoms with Crippen molar-refractivity contribution in [1.29, 1.82) is 0 Å². The molecule has 0 aliphatic carbocycles. The molecule has 1 aromatic rings. The number of guanidine groups is 1. The van der Waals surface area contributed by atoms with Crippen LogP contribution in [0.2, 0.25) is 0 Å². The van der Waals surface area contributed by atoms with Crippen LogP contribution in [0.25, 0.3) is 0 Å². The number of benzene rings is 1. The van der Waals surface area contributed by atoms with Crippen LogP contribution >= 0.6 is 24.0 Å². The van der Waals surface area contributed by atoms with E-state index in [1.807, 2.05) is 13.0 Å². The Labute approximate surface area is 187 Å². The normalized spacial score (nSPS) is 11.9. The SMILES string of the molecule is CCNC(=NCCCS(=O)(=O)c1ccccc1)NCCN(C)CCCOC.I. The number of sulfone groups is 1. The van der Waals surface area contributed by atoms with Gasteiger partial charge in [0.05, 0.1) is 10.6 Å². The van der Waals surface area contributed by atoms with Crippen LogP contribution < -0.4 is 10.6 Å². The molecule has 0 radical (unpaired) electrons. The first-order chi connectivity index (χ1) is 13.0. The Morgan fingerprint density at radius 1 is 1.14 bits per heavy atom. The third-order valence-electron chi connectivity index (χ3n) is 3.96. The number of rotatable bonds is 13. The fraction of sp³-hybridized carbons (Fsp3) is 0.632. The number of hydrogen-bond acceptors (Lipinski definition) is 5. The van der Waals surface area contributed by atoms with Gasteiger partial charge in [0.1, 0.15) is 0 Å². The highest BCUT2D eigenvalue weighted by Crippen LogP contribution is 2.10. The van der Waals surface area contributed by atoms with E-state index in [-0.39, 0.29) is 29.7 Å². The number of ether oxygens (including phenoxy) is 1. The molecule has 0 saturated heterocycles. The van der Waals surface area contributed by atoms with Crippen molar-refractivity contribution in [2.24, 2.45) is 4.99 Å². The van der Waals surface area contributed by atoms with Gasteiger partial charge in [-0.1, -0.05) is 18.2 Å². The van der Waals surface area contributed by atoms with Crippen molar-refractivity contribution in [3.05, 3.63) is 30.3 Å². The highest BCUT2D eigenvalue weighted by molar-refractivity contribution is 14.0. The molecule has 0 aromatic heterocycles. The first-order valence-electron chi connectivity index (χ1n) is 9.47. The zero-order valence-electron chi connectivity index (χ0n) is 17.2. The van der Waals surface area contributed by atoms with Crippen molar-refractivity contribution >= 4 is 39.8 Å². The molecule has 1 rings (SSSR count). The zero-order chi connectivity index (χ0) is 20.0. The second-order valence-electron chi connectivity index (χ2n) is 6.32. The van der Waals surface area contributed by atoms with Crippen LogP contribution in [0.15, 0.2) is 40.2 Å². The standard InChI is InChI=1S/C19H34N4O3S.HI/c1-4-20-19(22-13-15-23(2)14-9-16-26-3)21-12-8-17-27(24,25)18-10-6-5-7-11-18;/h5-7,10-11H,4,8-9,12-17H2,1-3H3,(H2,20,21,22);1H. The zero-order valence-corrected chi connectivity index (χ0v) is 20.3. The summed E-state index contributed by atoms with van der Waals surface area (Å²) in [5.74, 6) is 0.821. The predicted molar refractivity (Wildman–Crippen MR) is 126 cm³/mol. The number of halogens is 1. The van der Waals surface area contributed by atoms with Crippen LogP contribution in [0, 0.1) is 0 Å². The molecule has 0 spiro atoms. The molecule has 0 aliphatic rings. The number of aliphatic imine (C=N–C) groups is 1. The Bertz CT molecular complexity index is 642. The lowest BCUT2D eigenvalue weighted by atomic mass is 10.4. The van der Waals surface area contributed by atoms with E-state index in [1.54, 1.807) is 31.4 Å². The smallest absolute Gasteiger partial charge is 0.191 e. The fourth-order valence-corrected chi connectivity index (χ4v) is 3.81. The van der Waals surface area contributed by atoms with E-state index >= 15 is 0 Å². The maximum absolute atomic E-state index is 12.3. The number of nitrogens with one attached hydrogen (secondary N) is 2. The molecule has 0 saturated carbocycles. The summed E-state index contributed by atoms with van der Waals surface area (Å²) in [5, 5.41) is 6.48. The average Bonchev–Trinajstić information content (AvgIpc) is 2.66. The highest BCUT2D eigenvalue weighted by atomic mass is 127. The van der Waals surface area contributed by atoms with Crippen LogP contribution in [0.4, 0.5) is 0 Å². The summed E-state index contributed by atoms with van der Waals surface area (Å²) in [4.78, 5) is 7.08. The molecule has 1 aromatic carbocycles. The van der Waals surface area contributed by atoms with E-state index in [1.165, 1.54) is 0 Å². The third-order valence-corrected chi connectivity index (χ3v) is 5.78. The number of hydrogen-bond donors (Lipinski definition) is 2. The van der Waals surface area contributed by atoms with E-state index in [4.69, 9.17) is 4.74 Å². The first-order valence-corrected chi connectivity index (χ1v) is 11.1. The van der Waals surface area contributed by atoms with Gasteiger partial charge < -0.3 is 20.3 Å². The maximum atomic E-state index is 12.3. The van der Waals surface area contributed by atoms with Crippen LogP contribution in [-0.2, 0) is 14.6 Å². The highest BCUT2D eigenvalue weighted by Gasteiger charge is 2.12. The van der Waals surface area contributed by atoms with Crippen molar-refractivity contribution < 1.29 is 13.2 Å². The summed E-state index contributed by atoms with van der Waals surface area (Å²) in [6.07, 6.45) is 1.50. The van der Waals surface area contributed by atoms with E-state index in [9.17, 15) is 8.42 Å². The second-order valence-corrected chi connectivity index (χ2v) is 8.43. The molecule has 0 amide bonds. The van der Waals surface area contributed by atoms with Gasteiger partial charge >= 0.3 is 0 Å². The minimum absolute atomic E-state index is 0. The summed E-state index contributed by atoms with van der Waals surface area (Å²) >= 11 is 0. The van der Waals surface area contributed by atoms with Crippen molar-refractivity contribution in [2.75, 3.05) is 59.2 Å². The van der Waals surface area contributed by atoms with Crippen molar-refractivity contribution in [1.82, 2.24) is 15.5 Å². The Balaban J connectivity index is 0.00000729. The van der Waals surface area contributed by atoms with Gasteiger partial charge in [0.25, 0.3) is 0 Å². The molecule has 9 heteroatoms. The van der Waals surface area contributed by atoms with Gasteiger partial charge in [0.2, 0.25) is 0 Å². The van der Waals surface area contributed by atoms with E-state index in [0.29, 0.717) is 17.9 Å². The minimum atomic E-state index is -3.24. The molecular formula is C19H35IN4O3S. The molecule has 28 heavy (non-hydrogen) atoms. The van der Waals surface area contributed by atoms with E-state index in [2.05, 4.69) is 27.6 Å². The molecule has 0 atom stereocenters. The molecule has 0 unspecified atom stereocenters. The topological polar surface area (TPSA) is 83.0 Å². The van der Waals surface area contributed by atoms with Crippen LogP contribution in [0.3, 0.4) is 0 Å². The molecule has 0 fully saturated rings. The Hall–Kier alpha value is -0.910. The predicted octanol–water partition coefficient (Wildman–Crippen LogP) is 1.99. The van der Waals surface area contributed by atoms with Crippen molar-refractivity contribution in [3.63, 3.8) is 0 Å². The first kappa shape index (κ1) is 27.1. The third kappa shape index (κ3) is 11.8. The van der Waals surface area contributed by atoms with Gasteiger partial charge in [0, 0.05) is 46.4 Å². The summed E-state index contributed by atoms with van der Waals surface area (Å²) in [6, 6.07) is 8.56. The molecule has 0 aliphatic heterocycles. The van der Waals surface area contributed by atoms with Gasteiger partial charge in [-0.2, -0.15) is 0 Å². The molecule has 162 valence electrons. The summed E-state index contributed by atoms with van der Waals surface area (Å²) < 4.78 is 29.6. The van der Waals surface area contributed by atoms with Gasteiger partial charge in [0.15, 0.2) is 15.8 Å². The Morgan fingerprint density at radius 3 is 2.50 bits per heavy atom. The fourth-order valence-electron chi connectivity index (χ4n) is 2.49. The summed E-state index contributed by atoms with van der Waals surface area (Å²) in [6.45, 7) is 6.67. The summed E-state index contributed by atoms with van der Waals surface area (Å²) in [5.41, 5.74) is 0. The Morgan fingerprint density at radius 2 is 1.86 bits per heavy atom. The Kier molecular flexibility index (Phi) is 15.4.